The summed E-state index contributed by atoms with van der Waals surface area (Å²) in [5, 5.41) is 4.05. The van der Waals surface area contributed by atoms with Gasteiger partial charge in [0.1, 0.15) is 5.75 Å². The van der Waals surface area contributed by atoms with E-state index in [1.807, 2.05) is 13.8 Å². The fraction of sp³-hybridized carbons (Fsp3) is 0.385. The second-order valence-corrected chi connectivity index (χ2v) is 4.21. The van der Waals surface area contributed by atoms with Crippen molar-refractivity contribution < 1.29 is 33.9 Å². The van der Waals surface area contributed by atoms with Gasteiger partial charge in [-0.3, -0.25) is 4.89 Å². The number of carbonyl (C=O) groups excluding carboxylic acids is 2. The number of hydrogen-bond donors (Lipinski definition) is 0. The van der Waals surface area contributed by atoms with Gasteiger partial charge in [-0.1, -0.05) is 19.9 Å². The zero-order valence-electron chi connectivity index (χ0n) is 11.5. The molecule has 7 heteroatoms. The Bertz CT molecular complexity index is 456. The zero-order chi connectivity index (χ0) is 15.0. The summed E-state index contributed by atoms with van der Waals surface area (Å²) >= 11 is 0. The van der Waals surface area contributed by atoms with Crippen molar-refractivity contribution in [3.63, 3.8) is 0 Å². The number of hydrogen-bond acceptors (Lipinski definition) is 7. The number of rotatable bonds is 6. The molecule has 0 aromatic heterocycles. The predicted octanol–water partition coefficient (Wildman–Crippen LogP) is 2.51. The van der Waals surface area contributed by atoms with Crippen LogP contribution in [0, 0.1) is 5.92 Å². The van der Waals surface area contributed by atoms with E-state index in [2.05, 4.69) is 19.6 Å². The molecular weight excluding hydrogens is 268 g/mol. The van der Waals surface area contributed by atoms with Crippen LogP contribution in [0.3, 0.4) is 0 Å². The molecule has 0 aliphatic rings. The third-order valence-electron chi connectivity index (χ3n) is 2.05. The monoisotopic (exact) mass is 284 g/mol. The van der Waals surface area contributed by atoms with Crippen LogP contribution in [0.1, 0.15) is 24.2 Å². The van der Waals surface area contributed by atoms with Crippen LogP contribution in [0.2, 0.25) is 0 Å². The van der Waals surface area contributed by atoms with Gasteiger partial charge in [0.15, 0.2) is 0 Å². The van der Waals surface area contributed by atoms with Crippen LogP contribution < -0.4 is 4.74 Å². The summed E-state index contributed by atoms with van der Waals surface area (Å²) in [6, 6.07) is 6.21. The average Bonchev–Trinajstić information content (AvgIpc) is 2.45. The van der Waals surface area contributed by atoms with Crippen LogP contribution in [0.4, 0.5) is 4.79 Å². The maximum Gasteiger partial charge on any atom is 0.543 e. The van der Waals surface area contributed by atoms with Crippen molar-refractivity contribution in [2.45, 2.75) is 13.8 Å². The highest BCUT2D eigenvalue weighted by Crippen LogP contribution is 2.13. The van der Waals surface area contributed by atoms with Crippen molar-refractivity contribution in [1.29, 1.82) is 0 Å². The molecule has 0 saturated heterocycles. The Morgan fingerprint density at radius 2 is 1.95 bits per heavy atom. The van der Waals surface area contributed by atoms with Gasteiger partial charge in [-0.05, 0) is 24.1 Å². The van der Waals surface area contributed by atoms with Crippen LogP contribution in [0.25, 0.3) is 0 Å². The molecule has 0 aliphatic heterocycles. The minimum Gasteiger partial charge on any atom is -0.497 e. The van der Waals surface area contributed by atoms with Crippen LogP contribution in [-0.2, 0) is 19.6 Å². The number of methoxy groups -OCH3 is 1. The Labute approximate surface area is 116 Å². The lowest BCUT2D eigenvalue weighted by Gasteiger charge is -2.06. The van der Waals surface area contributed by atoms with E-state index in [-0.39, 0.29) is 18.1 Å². The summed E-state index contributed by atoms with van der Waals surface area (Å²) in [5.74, 6) is -0.195. The zero-order valence-corrected chi connectivity index (χ0v) is 11.5. The topological polar surface area (TPSA) is 80.3 Å². The standard InChI is InChI=1S/C13H16O7/c1-9(2)8-17-13(15)19-20-18-12(14)10-5-4-6-11(7-10)16-3/h4-7,9H,8H2,1-3H3. The number of benzene rings is 1. The highest BCUT2D eigenvalue weighted by atomic mass is 17.5. The first-order valence-corrected chi connectivity index (χ1v) is 5.89. The third kappa shape index (κ3) is 5.57. The van der Waals surface area contributed by atoms with Crippen molar-refractivity contribution in [3.8, 4) is 5.75 Å². The van der Waals surface area contributed by atoms with E-state index >= 15 is 0 Å². The van der Waals surface area contributed by atoms with Crippen molar-refractivity contribution >= 4 is 12.1 Å². The molecule has 0 unspecified atom stereocenters. The largest absolute Gasteiger partial charge is 0.543 e. The molecular formula is C13H16O7. The van der Waals surface area contributed by atoms with Gasteiger partial charge in [0.05, 0.1) is 24.3 Å². The molecule has 0 spiro atoms. The first-order chi connectivity index (χ1) is 9.52. The van der Waals surface area contributed by atoms with Crippen molar-refractivity contribution in [3.05, 3.63) is 29.8 Å². The van der Waals surface area contributed by atoms with Gasteiger partial charge in [-0.2, -0.15) is 0 Å². The normalized spacial score (nSPS) is 10.0. The van der Waals surface area contributed by atoms with Gasteiger partial charge in [-0.15, -0.1) is 0 Å². The smallest absolute Gasteiger partial charge is 0.497 e. The second-order valence-electron chi connectivity index (χ2n) is 4.21. The van der Waals surface area contributed by atoms with E-state index in [0.29, 0.717) is 5.75 Å². The summed E-state index contributed by atoms with van der Waals surface area (Å²) in [6.45, 7) is 3.89. The summed E-state index contributed by atoms with van der Waals surface area (Å²) in [7, 11) is 1.47. The molecule has 0 heterocycles. The van der Waals surface area contributed by atoms with Crippen molar-refractivity contribution in [2.24, 2.45) is 5.92 Å². The fourth-order valence-electron chi connectivity index (χ4n) is 1.13. The first kappa shape index (κ1) is 15.8. The van der Waals surface area contributed by atoms with Crippen LogP contribution in [0.5, 0.6) is 5.75 Å². The highest BCUT2D eigenvalue weighted by molar-refractivity contribution is 5.89. The van der Waals surface area contributed by atoms with Crippen LogP contribution >= 0.6 is 0 Å². The van der Waals surface area contributed by atoms with Crippen molar-refractivity contribution in [2.75, 3.05) is 13.7 Å². The van der Waals surface area contributed by atoms with Gasteiger partial charge >= 0.3 is 12.1 Å². The maximum absolute atomic E-state index is 11.5. The van der Waals surface area contributed by atoms with Gasteiger partial charge in [0, 0.05) is 0 Å². The Hall–Kier alpha value is -2.28. The molecule has 0 aliphatic carbocycles. The van der Waals surface area contributed by atoms with Gasteiger partial charge in [-0.25, -0.2) is 14.5 Å². The Morgan fingerprint density at radius 1 is 1.20 bits per heavy atom. The first-order valence-electron chi connectivity index (χ1n) is 5.89. The van der Waals surface area contributed by atoms with Crippen LogP contribution in [0.15, 0.2) is 24.3 Å². The lowest BCUT2D eigenvalue weighted by atomic mass is 10.2. The fourth-order valence-corrected chi connectivity index (χ4v) is 1.13. The summed E-state index contributed by atoms with van der Waals surface area (Å²) < 4.78 is 9.58. The van der Waals surface area contributed by atoms with Gasteiger partial charge in [0.2, 0.25) is 0 Å². The molecule has 20 heavy (non-hydrogen) atoms. The predicted molar refractivity (Wildman–Crippen MR) is 66.8 cm³/mol. The molecule has 7 nitrogen and oxygen atoms in total. The molecule has 1 rings (SSSR count). The molecule has 1 aromatic rings. The Kier molecular flexibility index (Phi) is 6.31. The van der Waals surface area contributed by atoms with E-state index < -0.39 is 12.1 Å². The van der Waals surface area contributed by atoms with E-state index in [9.17, 15) is 9.59 Å². The van der Waals surface area contributed by atoms with E-state index in [4.69, 9.17) is 4.74 Å². The lowest BCUT2D eigenvalue weighted by molar-refractivity contribution is -0.452. The molecule has 0 amide bonds. The highest BCUT2D eigenvalue weighted by Gasteiger charge is 2.13. The quantitative estimate of drug-likeness (QED) is 0.451. The summed E-state index contributed by atoms with van der Waals surface area (Å²) in [4.78, 5) is 30.9. The van der Waals surface area contributed by atoms with E-state index in [1.54, 1.807) is 12.1 Å². The Balaban J connectivity index is 2.34. The summed E-state index contributed by atoms with van der Waals surface area (Å²) in [6.07, 6.45) is -1.09. The minimum atomic E-state index is -1.09. The molecule has 1 aromatic carbocycles. The van der Waals surface area contributed by atoms with E-state index in [0.717, 1.165) is 0 Å². The lowest BCUT2D eigenvalue weighted by Crippen LogP contribution is -2.14. The Morgan fingerprint density at radius 3 is 2.60 bits per heavy atom. The molecule has 0 bridgehead atoms. The molecule has 0 fully saturated rings. The average molecular weight is 284 g/mol. The molecule has 110 valence electrons. The van der Waals surface area contributed by atoms with Crippen LogP contribution in [-0.4, -0.2) is 25.8 Å². The number of carbonyl (C=O) groups is 2. The summed E-state index contributed by atoms with van der Waals surface area (Å²) in [5.41, 5.74) is 0.184. The van der Waals surface area contributed by atoms with Crippen molar-refractivity contribution in [1.82, 2.24) is 0 Å². The maximum atomic E-state index is 11.5. The third-order valence-corrected chi connectivity index (χ3v) is 2.05. The van der Waals surface area contributed by atoms with E-state index in [1.165, 1.54) is 19.2 Å². The molecule has 0 saturated carbocycles. The van der Waals surface area contributed by atoms with Gasteiger partial charge < -0.3 is 9.47 Å². The SMILES string of the molecule is COc1cccc(C(=O)OOOC(=O)OCC(C)C)c1. The number of ether oxygens (including phenoxy) is 2. The molecule has 0 radical (unpaired) electrons. The second kappa shape index (κ2) is 8.00. The molecule has 0 atom stereocenters. The minimum absolute atomic E-state index is 0.155. The van der Waals surface area contributed by atoms with Gasteiger partial charge in [0.25, 0.3) is 0 Å². The molecule has 0 N–H and O–H groups in total.